The van der Waals surface area contributed by atoms with E-state index in [4.69, 9.17) is 5.73 Å². The van der Waals surface area contributed by atoms with Crippen molar-refractivity contribution in [2.75, 3.05) is 30.8 Å². The monoisotopic (exact) mass is 333 g/mol. The van der Waals surface area contributed by atoms with Crippen LogP contribution in [0.15, 0.2) is 18.2 Å². The zero-order chi connectivity index (χ0) is 12.1. The van der Waals surface area contributed by atoms with Crippen molar-refractivity contribution >= 4 is 39.9 Å². The number of rotatable bonds is 4. The van der Waals surface area contributed by atoms with Crippen LogP contribution in [0.2, 0.25) is 0 Å². The molecule has 0 bridgehead atoms. The minimum absolute atomic E-state index is 0.00877. The van der Waals surface area contributed by atoms with Gasteiger partial charge in [-0.15, -0.1) is 0 Å². The van der Waals surface area contributed by atoms with Crippen LogP contribution in [-0.2, 0) is 4.79 Å². The molecule has 0 aliphatic carbocycles. The fourth-order valence-corrected chi connectivity index (χ4v) is 2.28. The number of nitrogens with two attached hydrogens (primary N) is 1. The summed E-state index contributed by atoms with van der Waals surface area (Å²) in [5.41, 5.74) is 7.48. The summed E-state index contributed by atoms with van der Waals surface area (Å²) in [5.74, 6) is 0.00877. The van der Waals surface area contributed by atoms with Gasteiger partial charge in [0.15, 0.2) is 0 Å². The Morgan fingerprint density at radius 3 is 2.75 bits per heavy atom. The Bertz CT molecular complexity index is 381. The first-order chi connectivity index (χ1) is 7.58. The zero-order valence-electron chi connectivity index (χ0n) is 9.46. The SMILES string of the molecule is CCN(CC(=O)NC)c1ccc(N)cc1I. The summed E-state index contributed by atoms with van der Waals surface area (Å²) in [5, 5.41) is 2.62. The number of benzene rings is 1. The number of hydrogen-bond acceptors (Lipinski definition) is 3. The number of nitrogens with one attached hydrogen (secondary N) is 1. The highest BCUT2D eigenvalue weighted by atomic mass is 127. The normalized spacial score (nSPS) is 9.94. The highest BCUT2D eigenvalue weighted by Crippen LogP contribution is 2.24. The number of carbonyl (C=O) groups excluding carboxylic acids is 1. The molecule has 0 spiro atoms. The molecule has 0 radical (unpaired) electrons. The molecule has 0 heterocycles. The van der Waals surface area contributed by atoms with Gasteiger partial charge in [-0.25, -0.2) is 0 Å². The number of likely N-dealkylation sites (N-methyl/N-ethyl adjacent to an activating group) is 2. The molecule has 1 aromatic rings. The predicted octanol–water partition coefficient (Wildman–Crippen LogP) is 1.45. The summed E-state index contributed by atoms with van der Waals surface area (Å²) in [6.07, 6.45) is 0. The molecule has 1 amide bonds. The molecule has 0 aliphatic heterocycles. The van der Waals surface area contributed by atoms with E-state index >= 15 is 0 Å². The molecule has 16 heavy (non-hydrogen) atoms. The molecular weight excluding hydrogens is 317 g/mol. The summed E-state index contributed by atoms with van der Waals surface area (Å²) in [7, 11) is 1.64. The molecule has 5 heteroatoms. The van der Waals surface area contributed by atoms with Crippen molar-refractivity contribution in [3.8, 4) is 0 Å². The van der Waals surface area contributed by atoms with E-state index in [1.54, 1.807) is 7.05 Å². The van der Waals surface area contributed by atoms with Gasteiger partial charge in [-0.05, 0) is 47.7 Å². The van der Waals surface area contributed by atoms with Gasteiger partial charge in [0.25, 0.3) is 0 Å². The number of halogens is 1. The number of nitrogens with zero attached hydrogens (tertiary/aromatic N) is 1. The summed E-state index contributed by atoms with van der Waals surface area (Å²) < 4.78 is 1.06. The van der Waals surface area contributed by atoms with Gasteiger partial charge in [-0.2, -0.15) is 0 Å². The Hall–Kier alpha value is -0.980. The van der Waals surface area contributed by atoms with Gasteiger partial charge >= 0.3 is 0 Å². The van der Waals surface area contributed by atoms with Crippen LogP contribution in [0.5, 0.6) is 0 Å². The standard InChI is InChI=1S/C11H16IN3O/c1-3-15(7-11(16)14-2)10-5-4-8(13)6-9(10)12/h4-6H,3,7,13H2,1-2H3,(H,14,16). The van der Waals surface area contributed by atoms with E-state index in [0.717, 1.165) is 21.5 Å². The number of anilines is 2. The quantitative estimate of drug-likeness (QED) is 0.648. The second-order valence-electron chi connectivity index (χ2n) is 3.40. The van der Waals surface area contributed by atoms with Crippen LogP contribution in [0.25, 0.3) is 0 Å². The van der Waals surface area contributed by atoms with E-state index in [1.165, 1.54) is 0 Å². The number of nitrogen functional groups attached to an aromatic ring is 1. The molecule has 0 aromatic heterocycles. The molecule has 1 rings (SSSR count). The first-order valence-corrected chi connectivity index (χ1v) is 6.17. The lowest BCUT2D eigenvalue weighted by Gasteiger charge is -2.23. The van der Waals surface area contributed by atoms with Crippen molar-refractivity contribution in [1.82, 2.24) is 5.32 Å². The van der Waals surface area contributed by atoms with E-state index in [-0.39, 0.29) is 5.91 Å². The molecule has 0 unspecified atom stereocenters. The van der Waals surface area contributed by atoms with Gasteiger partial charge in [0.2, 0.25) is 5.91 Å². The van der Waals surface area contributed by atoms with Crippen LogP contribution >= 0.6 is 22.6 Å². The Morgan fingerprint density at radius 1 is 1.56 bits per heavy atom. The number of carbonyl (C=O) groups is 1. The molecule has 0 atom stereocenters. The molecule has 0 fully saturated rings. The Labute approximate surface area is 109 Å². The maximum absolute atomic E-state index is 11.4. The predicted molar refractivity (Wildman–Crippen MR) is 75.5 cm³/mol. The van der Waals surface area contributed by atoms with Crippen molar-refractivity contribution in [2.45, 2.75) is 6.92 Å². The van der Waals surface area contributed by atoms with Crippen molar-refractivity contribution < 1.29 is 4.79 Å². The fourth-order valence-electron chi connectivity index (χ4n) is 1.40. The number of hydrogen-bond donors (Lipinski definition) is 2. The lowest BCUT2D eigenvalue weighted by atomic mass is 10.2. The van der Waals surface area contributed by atoms with E-state index in [2.05, 4.69) is 27.9 Å². The Morgan fingerprint density at radius 2 is 2.25 bits per heavy atom. The van der Waals surface area contributed by atoms with Crippen LogP contribution in [0.3, 0.4) is 0 Å². The lowest BCUT2D eigenvalue weighted by molar-refractivity contribution is -0.119. The topological polar surface area (TPSA) is 58.4 Å². The van der Waals surface area contributed by atoms with Crippen LogP contribution in [0.4, 0.5) is 11.4 Å². The van der Waals surface area contributed by atoms with Gasteiger partial charge in [-0.3, -0.25) is 4.79 Å². The van der Waals surface area contributed by atoms with Crippen LogP contribution in [0, 0.1) is 3.57 Å². The molecule has 0 saturated heterocycles. The highest BCUT2D eigenvalue weighted by Gasteiger charge is 2.11. The molecule has 3 N–H and O–H groups in total. The third-order valence-electron chi connectivity index (χ3n) is 2.31. The summed E-state index contributed by atoms with van der Waals surface area (Å²) in [4.78, 5) is 13.4. The van der Waals surface area contributed by atoms with Crippen LogP contribution < -0.4 is 16.0 Å². The first kappa shape index (κ1) is 13.1. The zero-order valence-corrected chi connectivity index (χ0v) is 11.6. The van der Waals surface area contributed by atoms with Crippen LogP contribution in [-0.4, -0.2) is 26.0 Å². The second-order valence-corrected chi connectivity index (χ2v) is 4.56. The van der Waals surface area contributed by atoms with Crippen molar-refractivity contribution in [1.29, 1.82) is 0 Å². The summed E-state index contributed by atoms with van der Waals surface area (Å²) in [6.45, 7) is 3.18. The fraction of sp³-hybridized carbons (Fsp3) is 0.364. The van der Waals surface area contributed by atoms with Crippen molar-refractivity contribution in [2.24, 2.45) is 0 Å². The van der Waals surface area contributed by atoms with E-state index in [0.29, 0.717) is 6.54 Å². The van der Waals surface area contributed by atoms with Gasteiger partial charge in [0, 0.05) is 22.8 Å². The summed E-state index contributed by atoms with van der Waals surface area (Å²) >= 11 is 2.23. The lowest BCUT2D eigenvalue weighted by Crippen LogP contribution is -2.35. The molecule has 88 valence electrons. The summed E-state index contributed by atoms with van der Waals surface area (Å²) in [6, 6.07) is 5.70. The van der Waals surface area contributed by atoms with Gasteiger partial charge in [0.1, 0.15) is 0 Å². The minimum Gasteiger partial charge on any atom is -0.399 e. The maximum atomic E-state index is 11.4. The van der Waals surface area contributed by atoms with Gasteiger partial charge < -0.3 is 16.0 Å². The molecular formula is C11H16IN3O. The van der Waals surface area contributed by atoms with E-state index < -0.39 is 0 Å². The van der Waals surface area contributed by atoms with E-state index in [9.17, 15) is 4.79 Å². The average Bonchev–Trinajstić information content (AvgIpc) is 2.26. The number of amides is 1. The molecule has 1 aromatic carbocycles. The van der Waals surface area contributed by atoms with Crippen molar-refractivity contribution in [3.63, 3.8) is 0 Å². The molecule has 0 aliphatic rings. The van der Waals surface area contributed by atoms with Gasteiger partial charge in [-0.1, -0.05) is 0 Å². The largest absolute Gasteiger partial charge is 0.399 e. The Kier molecular flexibility index (Phi) is 4.85. The second kappa shape index (κ2) is 5.93. The van der Waals surface area contributed by atoms with Gasteiger partial charge in [0.05, 0.1) is 12.2 Å². The third-order valence-corrected chi connectivity index (χ3v) is 3.17. The molecule has 4 nitrogen and oxygen atoms in total. The van der Waals surface area contributed by atoms with Crippen molar-refractivity contribution in [3.05, 3.63) is 21.8 Å². The highest BCUT2D eigenvalue weighted by molar-refractivity contribution is 14.1. The third kappa shape index (κ3) is 3.26. The first-order valence-electron chi connectivity index (χ1n) is 5.09. The smallest absolute Gasteiger partial charge is 0.239 e. The van der Waals surface area contributed by atoms with E-state index in [1.807, 2.05) is 30.0 Å². The maximum Gasteiger partial charge on any atom is 0.239 e. The van der Waals surface area contributed by atoms with Crippen LogP contribution in [0.1, 0.15) is 6.92 Å². The minimum atomic E-state index is 0.00877. The molecule has 0 saturated carbocycles. The Balaban J connectivity index is 2.90. The average molecular weight is 333 g/mol.